The van der Waals surface area contributed by atoms with Gasteiger partial charge in [0.25, 0.3) is 0 Å². The lowest BCUT2D eigenvalue weighted by Gasteiger charge is -2.23. The third kappa shape index (κ3) is 3.46. The molecule has 4 nitrogen and oxygen atoms in total. The molecule has 1 aliphatic carbocycles. The van der Waals surface area contributed by atoms with Crippen LogP contribution in [0.25, 0.3) is 0 Å². The molecule has 92 valence electrons. The molecule has 4 heteroatoms. The van der Waals surface area contributed by atoms with Crippen LogP contribution in [0.15, 0.2) is 0 Å². The second-order valence-electron chi connectivity index (χ2n) is 5.08. The van der Waals surface area contributed by atoms with Crippen molar-refractivity contribution in [3.05, 3.63) is 0 Å². The van der Waals surface area contributed by atoms with E-state index in [0.29, 0.717) is 12.5 Å². The first kappa shape index (κ1) is 11.9. The van der Waals surface area contributed by atoms with Crippen LogP contribution >= 0.6 is 0 Å². The fourth-order valence-electron chi connectivity index (χ4n) is 2.58. The maximum absolute atomic E-state index is 11.8. The van der Waals surface area contributed by atoms with Crippen LogP contribution in [0, 0.1) is 5.92 Å². The summed E-state index contributed by atoms with van der Waals surface area (Å²) in [4.78, 5) is 11.8. The third-order valence-corrected chi connectivity index (χ3v) is 3.48. The van der Waals surface area contributed by atoms with Gasteiger partial charge in [-0.1, -0.05) is 6.92 Å². The molecule has 3 unspecified atom stereocenters. The number of hydrogen-bond acceptors (Lipinski definition) is 3. The summed E-state index contributed by atoms with van der Waals surface area (Å²) < 4.78 is 5.51. The quantitative estimate of drug-likeness (QED) is 0.743. The Hall–Kier alpha value is -0.610. The van der Waals surface area contributed by atoms with Crippen molar-refractivity contribution in [1.82, 2.24) is 10.6 Å². The average Bonchev–Trinajstić information content (AvgIpc) is 2.65. The lowest BCUT2D eigenvalue weighted by Crippen LogP contribution is -2.42. The lowest BCUT2D eigenvalue weighted by atomic mass is 10.1. The van der Waals surface area contributed by atoms with Crippen LogP contribution in [-0.4, -0.2) is 37.7 Å². The van der Waals surface area contributed by atoms with Gasteiger partial charge in [-0.2, -0.15) is 0 Å². The predicted molar refractivity (Wildman–Crippen MR) is 62.2 cm³/mol. The normalized spacial score (nSPS) is 34.9. The number of carbonyl (C=O) groups excluding carboxylic acids is 1. The molecule has 1 saturated heterocycles. The first-order valence-electron chi connectivity index (χ1n) is 6.35. The molecule has 0 aromatic rings. The van der Waals surface area contributed by atoms with Crippen LogP contribution in [0.5, 0.6) is 0 Å². The Morgan fingerprint density at radius 2 is 2.38 bits per heavy atom. The molecule has 0 aromatic heterocycles. The van der Waals surface area contributed by atoms with Gasteiger partial charge in [0.05, 0.1) is 19.1 Å². The van der Waals surface area contributed by atoms with E-state index in [1.54, 1.807) is 0 Å². The Bertz CT molecular complexity index is 230. The van der Waals surface area contributed by atoms with E-state index >= 15 is 0 Å². The van der Waals surface area contributed by atoms with E-state index in [1.807, 2.05) is 0 Å². The Labute approximate surface area is 97.1 Å². The Morgan fingerprint density at radius 3 is 3.00 bits per heavy atom. The molecular formula is C12H22N2O2. The van der Waals surface area contributed by atoms with Crippen molar-refractivity contribution in [2.45, 2.75) is 44.8 Å². The van der Waals surface area contributed by atoms with Gasteiger partial charge in [0.1, 0.15) is 0 Å². The molecule has 16 heavy (non-hydrogen) atoms. The van der Waals surface area contributed by atoms with E-state index in [0.717, 1.165) is 38.5 Å². The molecule has 1 aliphatic heterocycles. The molecule has 0 spiro atoms. The van der Waals surface area contributed by atoms with Crippen molar-refractivity contribution in [1.29, 1.82) is 0 Å². The standard InChI is InChI=1S/C12H22N2O2/c1-9-2-3-10(6-9)14-12(15)7-11-8-13-4-5-16-11/h9-11,13H,2-8H2,1H3,(H,14,15). The molecular weight excluding hydrogens is 204 g/mol. The Balaban J connectivity index is 1.67. The highest BCUT2D eigenvalue weighted by atomic mass is 16.5. The maximum atomic E-state index is 11.8. The Kier molecular flexibility index (Phi) is 4.18. The lowest BCUT2D eigenvalue weighted by molar-refractivity contribution is -0.125. The predicted octanol–water partition coefficient (Wildman–Crippen LogP) is 0.670. The molecule has 2 N–H and O–H groups in total. The van der Waals surface area contributed by atoms with Gasteiger partial charge in [-0.25, -0.2) is 0 Å². The van der Waals surface area contributed by atoms with Crippen molar-refractivity contribution >= 4 is 5.91 Å². The van der Waals surface area contributed by atoms with E-state index < -0.39 is 0 Å². The SMILES string of the molecule is CC1CCC(NC(=O)CC2CNCCO2)C1. The molecule has 2 fully saturated rings. The van der Waals surface area contributed by atoms with Gasteiger partial charge in [0.2, 0.25) is 5.91 Å². The summed E-state index contributed by atoms with van der Waals surface area (Å²) in [5.41, 5.74) is 0. The molecule has 0 radical (unpaired) electrons. The number of amides is 1. The molecule has 1 heterocycles. The number of morpholine rings is 1. The monoisotopic (exact) mass is 226 g/mol. The number of hydrogen-bond donors (Lipinski definition) is 2. The number of carbonyl (C=O) groups is 1. The minimum atomic E-state index is 0.0626. The van der Waals surface area contributed by atoms with Crippen LogP contribution in [0.2, 0.25) is 0 Å². The fourth-order valence-corrected chi connectivity index (χ4v) is 2.58. The van der Waals surface area contributed by atoms with Crippen LogP contribution in [0.1, 0.15) is 32.6 Å². The molecule has 2 aliphatic rings. The molecule has 1 amide bonds. The molecule has 2 rings (SSSR count). The van der Waals surface area contributed by atoms with Gasteiger partial charge in [-0.05, 0) is 25.2 Å². The largest absolute Gasteiger partial charge is 0.375 e. The van der Waals surface area contributed by atoms with E-state index in [4.69, 9.17) is 4.74 Å². The first-order valence-corrected chi connectivity index (χ1v) is 6.35. The van der Waals surface area contributed by atoms with Crippen molar-refractivity contribution in [2.75, 3.05) is 19.7 Å². The van der Waals surface area contributed by atoms with E-state index in [2.05, 4.69) is 17.6 Å². The average molecular weight is 226 g/mol. The minimum absolute atomic E-state index is 0.0626. The fraction of sp³-hybridized carbons (Fsp3) is 0.917. The van der Waals surface area contributed by atoms with Gasteiger partial charge < -0.3 is 15.4 Å². The molecule has 3 atom stereocenters. The highest BCUT2D eigenvalue weighted by Gasteiger charge is 2.24. The smallest absolute Gasteiger partial charge is 0.222 e. The zero-order valence-corrected chi connectivity index (χ0v) is 10.00. The number of ether oxygens (including phenoxy) is 1. The van der Waals surface area contributed by atoms with Gasteiger partial charge in [0.15, 0.2) is 0 Å². The number of nitrogens with one attached hydrogen (secondary N) is 2. The first-order chi connectivity index (χ1) is 7.74. The molecule has 0 bridgehead atoms. The summed E-state index contributed by atoms with van der Waals surface area (Å²) in [7, 11) is 0. The van der Waals surface area contributed by atoms with E-state index in [1.165, 1.54) is 6.42 Å². The highest BCUT2D eigenvalue weighted by Crippen LogP contribution is 2.24. The van der Waals surface area contributed by atoms with Crippen molar-refractivity contribution in [3.63, 3.8) is 0 Å². The zero-order valence-electron chi connectivity index (χ0n) is 10.00. The van der Waals surface area contributed by atoms with Crippen molar-refractivity contribution in [3.8, 4) is 0 Å². The van der Waals surface area contributed by atoms with Crippen LogP contribution in [-0.2, 0) is 9.53 Å². The summed E-state index contributed by atoms with van der Waals surface area (Å²) >= 11 is 0. The van der Waals surface area contributed by atoms with Crippen LogP contribution in [0.4, 0.5) is 0 Å². The second-order valence-corrected chi connectivity index (χ2v) is 5.08. The Morgan fingerprint density at radius 1 is 1.50 bits per heavy atom. The van der Waals surface area contributed by atoms with Crippen LogP contribution in [0.3, 0.4) is 0 Å². The van der Waals surface area contributed by atoms with Gasteiger partial charge in [0, 0.05) is 19.1 Å². The summed E-state index contributed by atoms with van der Waals surface area (Å²) in [6, 6.07) is 0.402. The van der Waals surface area contributed by atoms with E-state index in [-0.39, 0.29) is 12.0 Å². The summed E-state index contributed by atoms with van der Waals surface area (Å²) in [6.45, 7) is 4.67. The second kappa shape index (κ2) is 5.64. The maximum Gasteiger partial charge on any atom is 0.222 e. The van der Waals surface area contributed by atoms with Gasteiger partial charge in [-0.15, -0.1) is 0 Å². The van der Waals surface area contributed by atoms with Crippen molar-refractivity contribution < 1.29 is 9.53 Å². The summed E-state index contributed by atoms with van der Waals surface area (Å²) in [6.07, 6.45) is 4.07. The van der Waals surface area contributed by atoms with Gasteiger partial charge in [-0.3, -0.25) is 4.79 Å². The van der Waals surface area contributed by atoms with E-state index in [9.17, 15) is 4.79 Å². The summed E-state index contributed by atoms with van der Waals surface area (Å²) in [5, 5.41) is 6.35. The zero-order chi connectivity index (χ0) is 11.4. The summed E-state index contributed by atoms with van der Waals surface area (Å²) in [5.74, 6) is 0.908. The minimum Gasteiger partial charge on any atom is -0.375 e. The molecule has 0 aromatic carbocycles. The molecule has 1 saturated carbocycles. The number of rotatable bonds is 3. The van der Waals surface area contributed by atoms with Crippen LogP contribution < -0.4 is 10.6 Å². The third-order valence-electron chi connectivity index (χ3n) is 3.48. The van der Waals surface area contributed by atoms with Crippen molar-refractivity contribution in [2.24, 2.45) is 5.92 Å². The van der Waals surface area contributed by atoms with Gasteiger partial charge >= 0.3 is 0 Å². The topological polar surface area (TPSA) is 50.4 Å². The highest BCUT2D eigenvalue weighted by molar-refractivity contribution is 5.76.